The Labute approximate surface area is 85.5 Å². The summed E-state index contributed by atoms with van der Waals surface area (Å²) in [6.07, 6.45) is 3.49. The molecule has 76 valence electrons. The molecule has 0 bridgehead atoms. The van der Waals surface area contributed by atoms with Crippen molar-refractivity contribution in [1.82, 2.24) is 5.32 Å². The van der Waals surface area contributed by atoms with E-state index in [2.05, 4.69) is 29.6 Å². The summed E-state index contributed by atoms with van der Waals surface area (Å²) < 4.78 is 0. The summed E-state index contributed by atoms with van der Waals surface area (Å²) in [4.78, 5) is 0. The summed E-state index contributed by atoms with van der Waals surface area (Å²) in [6, 6.07) is 11.3. The molecule has 1 saturated heterocycles. The van der Waals surface area contributed by atoms with Crippen LogP contribution in [-0.2, 0) is 6.42 Å². The van der Waals surface area contributed by atoms with Crippen LogP contribution in [0.15, 0.2) is 30.3 Å². The van der Waals surface area contributed by atoms with Gasteiger partial charge >= 0.3 is 0 Å². The first-order valence-corrected chi connectivity index (χ1v) is 5.39. The van der Waals surface area contributed by atoms with E-state index in [1.807, 2.05) is 6.07 Å². The molecule has 0 aromatic heterocycles. The van der Waals surface area contributed by atoms with Crippen molar-refractivity contribution in [3.05, 3.63) is 35.9 Å². The number of hydrogen-bond acceptors (Lipinski definition) is 2. The highest BCUT2D eigenvalue weighted by Crippen LogP contribution is 2.11. The minimum absolute atomic E-state index is 0.264. The Morgan fingerprint density at radius 3 is 2.79 bits per heavy atom. The molecule has 1 unspecified atom stereocenters. The van der Waals surface area contributed by atoms with E-state index in [1.54, 1.807) is 0 Å². The molecule has 1 aliphatic heterocycles. The Hall–Kier alpha value is -0.860. The van der Waals surface area contributed by atoms with Gasteiger partial charge in [-0.3, -0.25) is 0 Å². The monoisotopic (exact) mass is 190 g/mol. The average Bonchev–Trinajstić information content (AvgIpc) is 2.72. The zero-order valence-electron chi connectivity index (χ0n) is 8.45. The van der Waals surface area contributed by atoms with Gasteiger partial charge in [-0.1, -0.05) is 30.3 Å². The minimum Gasteiger partial charge on any atom is -0.326 e. The zero-order chi connectivity index (χ0) is 9.80. The first kappa shape index (κ1) is 9.69. The van der Waals surface area contributed by atoms with E-state index in [1.165, 1.54) is 18.4 Å². The highest BCUT2D eigenvalue weighted by atomic mass is 15.0. The van der Waals surface area contributed by atoms with E-state index in [9.17, 15) is 0 Å². The molecule has 1 aliphatic rings. The van der Waals surface area contributed by atoms with Gasteiger partial charge in [0.1, 0.15) is 0 Å². The molecule has 3 N–H and O–H groups in total. The second-order valence-electron chi connectivity index (χ2n) is 4.06. The lowest BCUT2D eigenvalue weighted by Crippen LogP contribution is -2.42. The van der Waals surface area contributed by atoms with Crippen LogP contribution in [0, 0.1) is 0 Å². The van der Waals surface area contributed by atoms with Crippen molar-refractivity contribution in [3.63, 3.8) is 0 Å². The van der Waals surface area contributed by atoms with E-state index in [0.717, 1.165) is 13.0 Å². The largest absolute Gasteiger partial charge is 0.326 e. The van der Waals surface area contributed by atoms with Gasteiger partial charge < -0.3 is 11.1 Å². The predicted octanol–water partition coefficient (Wildman–Crippen LogP) is 1.31. The van der Waals surface area contributed by atoms with Crippen LogP contribution in [0.3, 0.4) is 0 Å². The highest BCUT2D eigenvalue weighted by molar-refractivity contribution is 5.16. The van der Waals surface area contributed by atoms with Crippen LogP contribution in [0.1, 0.15) is 18.4 Å². The van der Waals surface area contributed by atoms with Gasteiger partial charge in [-0.2, -0.15) is 0 Å². The standard InChI is InChI=1S/C12H18N2/c13-11(12-7-4-8-14-12)9-10-5-2-1-3-6-10/h1-3,5-6,11-12,14H,4,7-9,13H2/t11?,12-/m1/s1. The van der Waals surface area contributed by atoms with Gasteiger partial charge in [0.2, 0.25) is 0 Å². The van der Waals surface area contributed by atoms with Gasteiger partial charge in [0.05, 0.1) is 0 Å². The number of hydrogen-bond donors (Lipinski definition) is 2. The van der Waals surface area contributed by atoms with E-state index < -0.39 is 0 Å². The Bertz CT molecular complexity index is 265. The van der Waals surface area contributed by atoms with Gasteiger partial charge in [0.25, 0.3) is 0 Å². The minimum atomic E-state index is 0.264. The van der Waals surface area contributed by atoms with Crippen molar-refractivity contribution in [3.8, 4) is 0 Å². The molecular formula is C12H18N2. The normalized spacial score (nSPS) is 23.6. The molecular weight excluding hydrogens is 172 g/mol. The fraction of sp³-hybridized carbons (Fsp3) is 0.500. The van der Waals surface area contributed by atoms with Crippen molar-refractivity contribution in [2.75, 3.05) is 6.54 Å². The molecule has 2 heteroatoms. The molecule has 2 atom stereocenters. The van der Waals surface area contributed by atoms with Crippen LogP contribution < -0.4 is 11.1 Å². The number of benzene rings is 1. The van der Waals surface area contributed by atoms with Crippen molar-refractivity contribution in [2.24, 2.45) is 5.73 Å². The third-order valence-electron chi connectivity index (χ3n) is 2.93. The van der Waals surface area contributed by atoms with Gasteiger partial charge in [0, 0.05) is 12.1 Å². The number of rotatable bonds is 3. The lowest BCUT2D eigenvalue weighted by atomic mass is 9.99. The van der Waals surface area contributed by atoms with Crippen LogP contribution in [0.25, 0.3) is 0 Å². The fourth-order valence-electron chi connectivity index (χ4n) is 2.11. The van der Waals surface area contributed by atoms with Gasteiger partial charge in [-0.15, -0.1) is 0 Å². The first-order chi connectivity index (χ1) is 6.86. The molecule has 2 nitrogen and oxygen atoms in total. The molecule has 1 aromatic carbocycles. The Morgan fingerprint density at radius 2 is 2.14 bits per heavy atom. The maximum atomic E-state index is 6.15. The quantitative estimate of drug-likeness (QED) is 0.754. The summed E-state index contributed by atoms with van der Waals surface area (Å²) in [6.45, 7) is 1.13. The molecule has 1 aromatic rings. The lowest BCUT2D eigenvalue weighted by Gasteiger charge is -2.19. The zero-order valence-corrected chi connectivity index (χ0v) is 8.45. The second kappa shape index (κ2) is 4.58. The maximum absolute atomic E-state index is 6.15. The average molecular weight is 190 g/mol. The molecule has 0 saturated carbocycles. The molecule has 0 spiro atoms. The molecule has 1 fully saturated rings. The molecule has 2 rings (SSSR count). The maximum Gasteiger partial charge on any atom is 0.0235 e. The van der Waals surface area contributed by atoms with Crippen LogP contribution in [-0.4, -0.2) is 18.6 Å². The summed E-state index contributed by atoms with van der Waals surface area (Å²) in [5.41, 5.74) is 7.49. The molecule has 1 heterocycles. The van der Waals surface area contributed by atoms with Crippen molar-refractivity contribution < 1.29 is 0 Å². The van der Waals surface area contributed by atoms with Crippen LogP contribution in [0.4, 0.5) is 0 Å². The van der Waals surface area contributed by atoms with Gasteiger partial charge in [-0.05, 0) is 31.4 Å². The van der Waals surface area contributed by atoms with E-state index in [4.69, 9.17) is 5.73 Å². The molecule has 14 heavy (non-hydrogen) atoms. The number of nitrogens with one attached hydrogen (secondary N) is 1. The van der Waals surface area contributed by atoms with E-state index >= 15 is 0 Å². The Morgan fingerprint density at radius 1 is 1.36 bits per heavy atom. The van der Waals surface area contributed by atoms with Gasteiger partial charge in [0.15, 0.2) is 0 Å². The van der Waals surface area contributed by atoms with Crippen LogP contribution >= 0.6 is 0 Å². The topological polar surface area (TPSA) is 38.0 Å². The Balaban J connectivity index is 1.90. The SMILES string of the molecule is NC(Cc1ccccc1)[C@H]1CCCN1. The van der Waals surface area contributed by atoms with Crippen LogP contribution in [0.5, 0.6) is 0 Å². The van der Waals surface area contributed by atoms with Crippen molar-refractivity contribution in [2.45, 2.75) is 31.3 Å². The van der Waals surface area contributed by atoms with Crippen LogP contribution in [0.2, 0.25) is 0 Å². The van der Waals surface area contributed by atoms with E-state index in [0.29, 0.717) is 6.04 Å². The lowest BCUT2D eigenvalue weighted by molar-refractivity contribution is 0.481. The Kier molecular flexibility index (Phi) is 3.17. The fourth-order valence-corrected chi connectivity index (χ4v) is 2.11. The summed E-state index contributed by atoms with van der Waals surface area (Å²) in [5.74, 6) is 0. The predicted molar refractivity (Wildman–Crippen MR) is 59.1 cm³/mol. The molecule has 0 aliphatic carbocycles. The second-order valence-corrected chi connectivity index (χ2v) is 4.06. The summed E-state index contributed by atoms with van der Waals surface area (Å²) in [5, 5.41) is 3.45. The van der Waals surface area contributed by atoms with Crippen molar-refractivity contribution >= 4 is 0 Å². The van der Waals surface area contributed by atoms with E-state index in [-0.39, 0.29) is 6.04 Å². The highest BCUT2D eigenvalue weighted by Gasteiger charge is 2.20. The first-order valence-electron chi connectivity index (χ1n) is 5.39. The number of nitrogens with two attached hydrogens (primary N) is 1. The van der Waals surface area contributed by atoms with Crippen molar-refractivity contribution in [1.29, 1.82) is 0 Å². The molecule has 0 amide bonds. The third kappa shape index (κ3) is 2.34. The summed E-state index contributed by atoms with van der Waals surface area (Å²) in [7, 11) is 0. The molecule has 0 radical (unpaired) electrons. The summed E-state index contributed by atoms with van der Waals surface area (Å²) >= 11 is 0. The van der Waals surface area contributed by atoms with Gasteiger partial charge in [-0.25, -0.2) is 0 Å². The third-order valence-corrected chi connectivity index (χ3v) is 2.93. The smallest absolute Gasteiger partial charge is 0.0235 e.